The number of amides is 1. The molecular weight excluding hydrogens is 576 g/mol. The van der Waals surface area contributed by atoms with Gasteiger partial charge in [0.1, 0.15) is 17.3 Å². The summed E-state index contributed by atoms with van der Waals surface area (Å²) in [5.74, 6) is 2.93. The van der Waals surface area contributed by atoms with Crippen LogP contribution in [0.15, 0.2) is 71.5 Å². The minimum atomic E-state index is -0.0751. The summed E-state index contributed by atoms with van der Waals surface area (Å²) in [5, 5.41) is 10.2. The highest BCUT2D eigenvalue weighted by Gasteiger charge is 2.25. The molecule has 8 nitrogen and oxygen atoms in total. The Morgan fingerprint density at radius 2 is 1.67 bits per heavy atom. The van der Waals surface area contributed by atoms with Crippen molar-refractivity contribution in [1.29, 1.82) is 0 Å². The van der Waals surface area contributed by atoms with E-state index < -0.39 is 0 Å². The average Bonchev–Trinajstić information content (AvgIpc) is 3.05. The van der Waals surface area contributed by atoms with E-state index in [2.05, 4.69) is 24.0 Å². The van der Waals surface area contributed by atoms with Crippen LogP contribution in [0.3, 0.4) is 0 Å². The van der Waals surface area contributed by atoms with E-state index in [1.165, 1.54) is 18.4 Å². The van der Waals surface area contributed by atoms with Gasteiger partial charge in [-0.2, -0.15) is 0 Å². The van der Waals surface area contributed by atoms with Crippen LogP contribution < -0.4 is 10.3 Å². The molecule has 1 aromatic heterocycles. The number of hydrogen-bond acceptors (Lipinski definition) is 6. The number of aromatic hydroxyl groups is 1. The number of para-hydroxylation sites is 2. The molecule has 0 unspecified atom stereocenters. The maximum absolute atomic E-state index is 14.4. The second kappa shape index (κ2) is 14.1. The first-order chi connectivity index (χ1) is 22.2. The zero-order valence-corrected chi connectivity index (χ0v) is 27.3. The molecule has 2 heterocycles. The number of carbonyl (C=O) groups is 1. The van der Waals surface area contributed by atoms with E-state index >= 15 is 0 Å². The van der Waals surface area contributed by atoms with Crippen molar-refractivity contribution >= 4 is 16.8 Å². The molecule has 1 saturated heterocycles. The minimum absolute atomic E-state index is 0.0475. The average molecular weight is 623 g/mol. The smallest absolute Gasteiger partial charge is 0.266 e. The molecule has 8 heteroatoms. The lowest BCUT2D eigenvalue weighted by atomic mass is 9.79. The Bertz CT molecular complexity index is 1720. The van der Waals surface area contributed by atoms with Gasteiger partial charge in [-0.25, -0.2) is 4.98 Å². The van der Waals surface area contributed by atoms with Crippen molar-refractivity contribution in [2.45, 2.75) is 77.9 Å². The number of phenolic OH excluding ortho intramolecular Hbond substituents is 1. The molecule has 242 valence electrons. The van der Waals surface area contributed by atoms with E-state index in [-0.39, 0.29) is 23.3 Å². The maximum atomic E-state index is 14.4. The third-order valence-electron chi connectivity index (χ3n) is 9.57. The monoisotopic (exact) mass is 622 g/mol. The molecule has 0 atom stereocenters. The molecule has 2 aliphatic rings. The molecule has 6 rings (SSSR count). The van der Waals surface area contributed by atoms with E-state index in [1.54, 1.807) is 16.7 Å². The maximum Gasteiger partial charge on any atom is 0.266 e. The van der Waals surface area contributed by atoms with Crippen molar-refractivity contribution in [2.75, 3.05) is 26.2 Å². The number of ether oxygens (including phenoxy) is 1. The highest BCUT2D eigenvalue weighted by atomic mass is 16.5. The van der Waals surface area contributed by atoms with Crippen LogP contribution in [-0.4, -0.2) is 62.6 Å². The van der Waals surface area contributed by atoms with Crippen LogP contribution in [0, 0.1) is 5.92 Å². The molecule has 4 aromatic rings. The third-order valence-corrected chi connectivity index (χ3v) is 9.57. The second-order valence-corrected chi connectivity index (χ2v) is 13.4. The lowest BCUT2D eigenvalue weighted by Gasteiger charge is -2.35. The van der Waals surface area contributed by atoms with Crippen LogP contribution in [0.4, 0.5) is 0 Å². The summed E-state index contributed by atoms with van der Waals surface area (Å²) in [6, 6.07) is 21.0. The van der Waals surface area contributed by atoms with Crippen LogP contribution in [0.5, 0.6) is 11.5 Å². The van der Waals surface area contributed by atoms with E-state index in [0.29, 0.717) is 74.1 Å². The molecule has 0 bridgehead atoms. The SMILES string of the molecule is CC1CCC(c2ccc3nc(CN4CCN(C(=O)CCc5ccc(O)cc5)CC4)n(-c4ccccc4OC(C)C)c(=O)c3c2)CC1. The Hall–Kier alpha value is -4.17. The fourth-order valence-corrected chi connectivity index (χ4v) is 6.87. The van der Waals surface area contributed by atoms with Crippen molar-refractivity contribution in [1.82, 2.24) is 19.4 Å². The van der Waals surface area contributed by atoms with Gasteiger partial charge in [0.15, 0.2) is 0 Å². The molecule has 3 aromatic carbocycles. The largest absolute Gasteiger partial charge is 0.508 e. The lowest BCUT2D eigenvalue weighted by molar-refractivity contribution is -0.133. The number of benzene rings is 3. The van der Waals surface area contributed by atoms with Crippen molar-refractivity contribution in [3.63, 3.8) is 0 Å². The Balaban J connectivity index is 1.25. The van der Waals surface area contributed by atoms with Crippen molar-refractivity contribution in [3.05, 3.63) is 94.0 Å². The zero-order chi connectivity index (χ0) is 32.2. The second-order valence-electron chi connectivity index (χ2n) is 13.4. The summed E-state index contributed by atoms with van der Waals surface area (Å²) < 4.78 is 7.94. The number of hydrogen-bond donors (Lipinski definition) is 1. The number of aryl methyl sites for hydroxylation is 1. The van der Waals surface area contributed by atoms with Crippen molar-refractivity contribution in [3.8, 4) is 17.2 Å². The molecule has 2 fully saturated rings. The molecule has 0 radical (unpaired) electrons. The summed E-state index contributed by atoms with van der Waals surface area (Å²) in [4.78, 5) is 36.8. The topological polar surface area (TPSA) is 87.9 Å². The fraction of sp³-hybridized carbons (Fsp3) is 0.447. The van der Waals surface area contributed by atoms with Crippen LogP contribution in [0.25, 0.3) is 16.6 Å². The summed E-state index contributed by atoms with van der Waals surface area (Å²) >= 11 is 0. The summed E-state index contributed by atoms with van der Waals surface area (Å²) in [7, 11) is 0. The molecule has 1 aliphatic heterocycles. The summed E-state index contributed by atoms with van der Waals surface area (Å²) in [6.07, 6.45) is 5.79. The van der Waals surface area contributed by atoms with Crippen molar-refractivity contribution in [2.24, 2.45) is 5.92 Å². The number of piperazine rings is 1. The molecular formula is C38H46N4O4. The number of fused-ring (bicyclic) bond motifs is 1. The van der Waals surface area contributed by atoms with Gasteiger partial charge in [-0.3, -0.25) is 19.1 Å². The zero-order valence-electron chi connectivity index (χ0n) is 27.3. The Morgan fingerprint density at radius 3 is 2.39 bits per heavy atom. The predicted octanol–water partition coefficient (Wildman–Crippen LogP) is 6.45. The van der Waals surface area contributed by atoms with Gasteiger partial charge in [0.25, 0.3) is 5.56 Å². The van der Waals surface area contributed by atoms with Crippen LogP contribution >= 0.6 is 0 Å². The Morgan fingerprint density at radius 1 is 0.957 bits per heavy atom. The molecule has 1 saturated carbocycles. The van der Waals surface area contributed by atoms with E-state index in [1.807, 2.05) is 61.2 Å². The van der Waals surface area contributed by atoms with Gasteiger partial charge in [-0.05, 0) is 92.5 Å². The van der Waals surface area contributed by atoms with E-state index in [0.717, 1.165) is 29.8 Å². The van der Waals surface area contributed by atoms with Gasteiger partial charge < -0.3 is 14.7 Å². The lowest BCUT2D eigenvalue weighted by Crippen LogP contribution is -2.48. The fourth-order valence-electron chi connectivity index (χ4n) is 6.87. The first-order valence-electron chi connectivity index (χ1n) is 16.8. The van der Waals surface area contributed by atoms with Gasteiger partial charge in [-0.15, -0.1) is 0 Å². The number of nitrogens with zero attached hydrogens (tertiary/aromatic N) is 4. The summed E-state index contributed by atoms with van der Waals surface area (Å²) in [6.45, 7) is 9.44. The molecule has 1 aliphatic carbocycles. The van der Waals surface area contributed by atoms with Crippen LogP contribution in [0.2, 0.25) is 0 Å². The first kappa shape index (κ1) is 31.8. The van der Waals surface area contributed by atoms with Gasteiger partial charge in [0, 0.05) is 32.6 Å². The number of rotatable bonds is 9. The number of carbonyl (C=O) groups excluding carboxylic acids is 1. The van der Waals surface area contributed by atoms with E-state index in [4.69, 9.17) is 9.72 Å². The third kappa shape index (κ3) is 7.28. The predicted molar refractivity (Wildman–Crippen MR) is 182 cm³/mol. The van der Waals surface area contributed by atoms with Gasteiger partial charge in [-0.1, -0.05) is 50.1 Å². The Kier molecular flexibility index (Phi) is 9.73. The van der Waals surface area contributed by atoms with Crippen molar-refractivity contribution < 1.29 is 14.6 Å². The number of phenols is 1. The van der Waals surface area contributed by atoms with E-state index in [9.17, 15) is 14.7 Å². The molecule has 0 spiro atoms. The number of aromatic nitrogens is 2. The highest BCUT2D eigenvalue weighted by Crippen LogP contribution is 2.36. The van der Waals surface area contributed by atoms with Gasteiger partial charge >= 0.3 is 0 Å². The van der Waals surface area contributed by atoms with Crippen LogP contribution in [-0.2, 0) is 17.8 Å². The Labute approximate surface area is 271 Å². The van der Waals surface area contributed by atoms with Gasteiger partial charge in [0.2, 0.25) is 5.91 Å². The molecule has 46 heavy (non-hydrogen) atoms. The van der Waals surface area contributed by atoms with Gasteiger partial charge in [0.05, 0.1) is 29.2 Å². The quantitative estimate of drug-likeness (QED) is 0.231. The standard InChI is InChI=1S/C38H46N4O4/c1-26(2)46-35-7-5-4-6-34(35)42-36(39-33-18-15-30(24-32(33)38(42)45)29-13-8-27(3)9-14-29)25-40-20-22-41(23-21-40)37(44)19-12-28-10-16-31(43)17-11-28/h4-7,10-11,15-18,24,26-27,29,43H,8-9,12-14,19-23,25H2,1-3H3. The summed E-state index contributed by atoms with van der Waals surface area (Å²) in [5.41, 5.74) is 3.61. The highest BCUT2D eigenvalue weighted by molar-refractivity contribution is 5.79. The van der Waals surface area contributed by atoms with Crippen LogP contribution in [0.1, 0.15) is 75.7 Å². The molecule has 1 amide bonds. The molecule has 1 N–H and O–H groups in total. The normalized spacial score (nSPS) is 19.1. The first-order valence-corrected chi connectivity index (χ1v) is 16.8. The minimum Gasteiger partial charge on any atom is -0.508 e.